The zero-order chi connectivity index (χ0) is 17.3. The Balaban J connectivity index is 1.82. The van der Waals surface area contributed by atoms with Crippen LogP contribution in [0.3, 0.4) is 0 Å². The summed E-state index contributed by atoms with van der Waals surface area (Å²) in [5, 5.41) is 12.2. The van der Waals surface area contributed by atoms with E-state index >= 15 is 0 Å². The van der Waals surface area contributed by atoms with E-state index in [1.54, 1.807) is 31.2 Å². The average Bonchev–Trinajstić information content (AvgIpc) is 3.16. The van der Waals surface area contributed by atoms with Crippen LogP contribution in [0.5, 0.6) is 0 Å². The number of allylic oxidation sites excluding steroid dienone is 2. The van der Waals surface area contributed by atoms with E-state index in [2.05, 4.69) is 5.32 Å². The number of carbonyl (C=O) groups excluding carboxylic acids is 2. The Labute approximate surface area is 139 Å². The minimum atomic E-state index is -0.953. The number of carboxylic acids is 1. The minimum absolute atomic E-state index is 0.0640. The Morgan fingerprint density at radius 1 is 1.17 bits per heavy atom. The summed E-state index contributed by atoms with van der Waals surface area (Å²) in [4.78, 5) is 36.2. The van der Waals surface area contributed by atoms with Gasteiger partial charge in [-0.1, -0.05) is 24.3 Å². The summed E-state index contributed by atoms with van der Waals surface area (Å²) in [7, 11) is 0. The highest BCUT2D eigenvalue weighted by atomic mass is 16.5. The van der Waals surface area contributed by atoms with Crippen LogP contribution in [0, 0.1) is 23.7 Å². The van der Waals surface area contributed by atoms with Crippen molar-refractivity contribution in [1.29, 1.82) is 0 Å². The number of nitrogens with one attached hydrogen (secondary N) is 1. The molecule has 0 aromatic heterocycles. The van der Waals surface area contributed by atoms with Crippen LogP contribution in [0.4, 0.5) is 5.69 Å². The molecule has 3 rings (SSSR count). The first kappa shape index (κ1) is 16.2. The van der Waals surface area contributed by atoms with Gasteiger partial charge in [-0.3, -0.25) is 9.59 Å². The number of carboxylic acid groups (broad SMARTS) is 1. The zero-order valence-corrected chi connectivity index (χ0v) is 13.3. The molecule has 1 aromatic rings. The van der Waals surface area contributed by atoms with Crippen LogP contribution in [0.2, 0.25) is 0 Å². The second-order valence-corrected chi connectivity index (χ2v) is 6.09. The van der Waals surface area contributed by atoms with E-state index in [1.165, 1.54) is 0 Å². The molecule has 1 aromatic carbocycles. The molecule has 126 valence electrons. The molecule has 2 N–H and O–H groups in total. The molecule has 2 bridgehead atoms. The highest BCUT2D eigenvalue weighted by molar-refractivity contribution is 6.03. The van der Waals surface area contributed by atoms with Gasteiger partial charge in [0.2, 0.25) is 5.91 Å². The number of rotatable bonds is 5. The molecule has 0 aliphatic heterocycles. The van der Waals surface area contributed by atoms with E-state index in [9.17, 15) is 19.5 Å². The molecule has 6 nitrogen and oxygen atoms in total. The molecular weight excluding hydrogens is 310 g/mol. The maximum absolute atomic E-state index is 12.7. The van der Waals surface area contributed by atoms with Gasteiger partial charge in [-0.25, -0.2) is 4.79 Å². The predicted molar refractivity (Wildman–Crippen MR) is 86.4 cm³/mol. The third kappa shape index (κ3) is 2.79. The summed E-state index contributed by atoms with van der Waals surface area (Å²) in [6, 6.07) is 6.57. The Hall–Kier alpha value is -2.63. The average molecular weight is 329 g/mol. The quantitative estimate of drug-likeness (QED) is 0.639. The molecule has 6 heteroatoms. The van der Waals surface area contributed by atoms with E-state index < -0.39 is 23.8 Å². The van der Waals surface area contributed by atoms with E-state index in [4.69, 9.17) is 4.74 Å². The van der Waals surface area contributed by atoms with Gasteiger partial charge in [-0.05, 0) is 37.3 Å². The topological polar surface area (TPSA) is 92.7 Å². The molecule has 4 atom stereocenters. The molecule has 0 unspecified atom stereocenters. The van der Waals surface area contributed by atoms with Crippen molar-refractivity contribution in [3.63, 3.8) is 0 Å². The number of fused-ring (bicyclic) bond motifs is 2. The summed E-state index contributed by atoms with van der Waals surface area (Å²) in [6.07, 6.45) is 4.50. The fourth-order valence-electron chi connectivity index (χ4n) is 3.71. The first-order chi connectivity index (χ1) is 11.5. The van der Waals surface area contributed by atoms with E-state index in [0.29, 0.717) is 12.1 Å². The van der Waals surface area contributed by atoms with Crippen LogP contribution in [-0.2, 0) is 14.3 Å². The fraction of sp³-hybridized carbons (Fsp3) is 0.389. The number of hydrogen-bond acceptors (Lipinski definition) is 4. The Bertz CT molecular complexity index is 711. The summed E-state index contributed by atoms with van der Waals surface area (Å²) in [5.41, 5.74) is 0.607. The Morgan fingerprint density at radius 2 is 1.83 bits per heavy atom. The SMILES string of the molecule is CCOC(=O)c1ccccc1NC(=O)[C@@H]1[C@@H](C(=O)O)[C@H]2C=C[C@H]1C2. The lowest BCUT2D eigenvalue weighted by molar-refractivity contribution is -0.146. The van der Waals surface area contributed by atoms with Crippen molar-refractivity contribution >= 4 is 23.5 Å². The van der Waals surface area contributed by atoms with Crippen LogP contribution in [0.1, 0.15) is 23.7 Å². The predicted octanol–water partition coefficient (Wildman–Crippen LogP) is 2.32. The normalized spacial score (nSPS) is 27.0. The second kappa shape index (κ2) is 6.47. The molecule has 0 saturated heterocycles. The van der Waals surface area contributed by atoms with Gasteiger partial charge in [0.15, 0.2) is 0 Å². The van der Waals surface area contributed by atoms with Crippen LogP contribution in [-0.4, -0.2) is 29.6 Å². The van der Waals surface area contributed by atoms with Gasteiger partial charge in [-0.2, -0.15) is 0 Å². The van der Waals surface area contributed by atoms with Gasteiger partial charge in [0.25, 0.3) is 0 Å². The lowest BCUT2D eigenvalue weighted by Gasteiger charge is -2.24. The number of hydrogen-bond donors (Lipinski definition) is 2. The number of carbonyl (C=O) groups is 3. The van der Waals surface area contributed by atoms with Gasteiger partial charge >= 0.3 is 11.9 Å². The van der Waals surface area contributed by atoms with E-state index in [0.717, 1.165) is 0 Å². The van der Waals surface area contributed by atoms with Crippen molar-refractivity contribution in [2.24, 2.45) is 23.7 Å². The lowest BCUT2D eigenvalue weighted by Crippen LogP contribution is -2.36. The van der Waals surface area contributed by atoms with Crippen molar-refractivity contribution in [1.82, 2.24) is 0 Å². The van der Waals surface area contributed by atoms with E-state index in [-0.39, 0.29) is 29.9 Å². The fourth-order valence-corrected chi connectivity index (χ4v) is 3.71. The van der Waals surface area contributed by atoms with Gasteiger partial charge in [0.1, 0.15) is 0 Å². The number of aliphatic carboxylic acids is 1. The van der Waals surface area contributed by atoms with Crippen molar-refractivity contribution < 1.29 is 24.2 Å². The molecule has 1 saturated carbocycles. The Kier molecular flexibility index (Phi) is 4.38. The van der Waals surface area contributed by atoms with Gasteiger partial charge in [0.05, 0.1) is 29.7 Å². The van der Waals surface area contributed by atoms with Gasteiger partial charge in [-0.15, -0.1) is 0 Å². The maximum atomic E-state index is 12.7. The standard InChI is InChI=1S/C18H19NO5/c1-2-24-18(23)12-5-3-4-6-13(12)19-16(20)14-10-7-8-11(9-10)15(14)17(21)22/h3-8,10-11,14-15H,2,9H2,1H3,(H,19,20)(H,21,22)/t10-,11-,14-,15-/m0/s1. The maximum Gasteiger partial charge on any atom is 0.340 e. The van der Waals surface area contributed by atoms with Crippen molar-refractivity contribution in [3.05, 3.63) is 42.0 Å². The van der Waals surface area contributed by atoms with E-state index in [1.807, 2.05) is 12.2 Å². The lowest BCUT2D eigenvalue weighted by atomic mass is 9.82. The molecule has 0 spiro atoms. The van der Waals surface area contributed by atoms with Crippen LogP contribution in [0.15, 0.2) is 36.4 Å². The van der Waals surface area contributed by atoms with Crippen molar-refractivity contribution in [2.75, 3.05) is 11.9 Å². The van der Waals surface area contributed by atoms with Crippen molar-refractivity contribution in [3.8, 4) is 0 Å². The summed E-state index contributed by atoms with van der Waals surface area (Å²) >= 11 is 0. The largest absolute Gasteiger partial charge is 0.481 e. The molecule has 0 heterocycles. The second-order valence-electron chi connectivity index (χ2n) is 6.09. The molecule has 2 aliphatic carbocycles. The van der Waals surface area contributed by atoms with Crippen LogP contribution in [0.25, 0.3) is 0 Å². The number of anilines is 1. The van der Waals surface area contributed by atoms with Crippen molar-refractivity contribution in [2.45, 2.75) is 13.3 Å². The molecule has 24 heavy (non-hydrogen) atoms. The monoisotopic (exact) mass is 329 g/mol. The number of esters is 1. The highest BCUT2D eigenvalue weighted by Crippen LogP contribution is 2.48. The third-order valence-electron chi connectivity index (χ3n) is 4.73. The number of benzene rings is 1. The first-order valence-electron chi connectivity index (χ1n) is 8.01. The van der Waals surface area contributed by atoms with Crippen LogP contribution < -0.4 is 5.32 Å². The molecule has 1 amide bonds. The summed E-state index contributed by atoms with van der Waals surface area (Å²) in [5.74, 6) is -3.32. The number of amides is 1. The zero-order valence-electron chi connectivity index (χ0n) is 13.3. The first-order valence-corrected chi connectivity index (χ1v) is 8.01. The minimum Gasteiger partial charge on any atom is -0.481 e. The number of para-hydroxylation sites is 1. The smallest absolute Gasteiger partial charge is 0.340 e. The Morgan fingerprint density at radius 3 is 2.50 bits per heavy atom. The summed E-state index contributed by atoms with van der Waals surface area (Å²) < 4.78 is 4.99. The molecular formula is C18H19NO5. The van der Waals surface area contributed by atoms with Gasteiger partial charge < -0.3 is 15.2 Å². The molecule has 0 radical (unpaired) electrons. The molecule has 2 aliphatic rings. The van der Waals surface area contributed by atoms with Gasteiger partial charge in [0, 0.05) is 0 Å². The highest BCUT2D eigenvalue weighted by Gasteiger charge is 2.51. The number of ether oxygens (including phenoxy) is 1. The molecule has 1 fully saturated rings. The summed E-state index contributed by atoms with van der Waals surface area (Å²) in [6.45, 7) is 1.94. The van der Waals surface area contributed by atoms with Crippen LogP contribution >= 0.6 is 0 Å². The third-order valence-corrected chi connectivity index (χ3v) is 4.73.